The standard InChI is InChI=1S/C16H26N2/c1-3-4-14-9-11-18(12-10-14)16-7-5-15(6-8-16)13(2)17/h5-8,13-14H,3-4,9-12,17H2,1-2H3/t13-/m1/s1. The largest absolute Gasteiger partial charge is 0.372 e. The Bertz CT molecular complexity index is 348. The first kappa shape index (κ1) is 13.4. The van der Waals surface area contributed by atoms with E-state index in [2.05, 4.69) is 36.1 Å². The van der Waals surface area contributed by atoms with Crippen LogP contribution in [0.4, 0.5) is 5.69 Å². The summed E-state index contributed by atoms with van der Waals surface area (Å²) in [5, 5.41) is 0. The van der Waals surface area contributed by atoms with Crippen molar-refractivity contribution in [2.45, 2.75) is 45.6 Å². The lowest BCUT2D eigenvalue weighted by Crippen LogP contribution is -2.33. The normalized spacial score (nSPS) is 18.9. The summed E-state index contributed by atoms with van der Waals surface area (Å²) in [6.45, 7) is 6.74. The molecule has 0 aromatic heterocycles. The van der Waals surface area contributed by atoms with Crippen molar-refractivity contribution in [2.24, 2.45) is 11.7 Å². The van der Waals surface area contributed by atoms with Gasteiger partial charge in [0.25, 0.3) is 0 Å². The summed E-state index contributed by atoms with van der Waals surface area (Å²) in [5.74, 6) is 0.953. The van der Waals surface area contributed by atoms with Crippen molar-refractivity contribution in [1.82, 2.24) is 0 Å². The van der Waals surface area contributed by atoms with Crippen molar-refractivity contribution in [3.63, 3.8) is 0 Å². The van der Waals surface area contributed by atoms with Gasteiger partial charge < -0.3 is 10.6 Å². The molecule has 2 rings (SSSR count). The Balaban J connectivity index is 1.93. The summed E-state index contributed by atoms with van der Waals surface area (Å²) >= 11 is 0. The van der Waals surface area contributed by atoms with Gasteiger partial charge >= 0.3 is 0 Å². The van der Waals surface area contributed by atoms with Crippen molar-refractivity contribution >= 4 is 5.69 Å². The SMILES string of the molecule is CCCC1CCN(c2ccc([C@@H](C)N)cc2)CC1. The van der Waals surface area contributed by atoms with Gasteiger partial charge in [-0.05, 0) is 43.4 Å². The van der Waals surface area contributed by atoms with Crippen LogP contribution in [0.1, 0.15) is 51.1 Å². The predicted molar refractivity (Wildman–Crippen MR) is 78.9 cm³/mol. The average molecular weight is 246 g/mol. The molecule has 2 nitrogen and oxygen atoms in total. The van der Waals surface area contributed by atoms with E-state index in [1.54, 1.807) is 0 Å². The molecule has 18 heavy (non-hydrogen) atoms. The molecule has 1 fully saturated rings. The number of rotatable bonds is 4. The minimum atomic E-state index is 0.134. The quantitative estimate of drug-likeness (QED) is 0.877. The number of anilines is 1. The van der Waals surface area contributed by atoms with Gasteiger partial charge in [-0.25, -0.2) is 0 Å². The molecule has 0 spiro atoms. The zero-order valence-corrected chi connectivity index (χ0v) is 11.7. The van der Waals surface area contributed by atoms with E-state index in [9.17, 15) is 0 Å². The summed E-state index contributed by atoms with van der Waals surface area (Å²) in [7, 11) is 0. The van der Waals surface area contributed by atoms with E-state index >= 15 is 0 Å². The van der Waals surface area contributed by atoms with E-state index in [0.29, 0.717) is 0 Å². The Labute approximate surface area is 111 Å². The highest BCUT2D eigenvalue weighted by Gasteiger charge is 2.18. The number of nitrogens with two attached hydrogens (primary N) is 1. The third-order valence-electron chi connectivity index (χ3n) is 4.10. The molecule has 1 heterocycles. The van der Waals surface area contributed by atoms with E-state index < -0.39 is 0 Å². The summed E-state index contributed by atoms with van der Waals surface area (Å²) in [6.07, 6.45) is 5.43. The van der Waals surface area contributed by atoms with Gasteiger partial charge in [0.1, 0.15) is 0 Å². The van der Waals surface area contributed by atoms with E-state index in [4.69, 9.17) is 5.73 Å². The van der Waals surface area contributed by atoms with Gasteiger partial charge in [0.2, 0.25) is 0 Å². The van der Waals surface area contributed by atoms with Crippen LogP contribution in [0, 0.1) is 5.92 Å². The van der Waals surface area contributed by atoms with Crippen molar-refractivity contribution < 1.29 is 0 Å². The van der Waals surface area contributed by atoms with Gasteiger partial charge in [0, 0.05) is 24.8 Å². The van der Waals surface area contributed by atoms with Crippen LogP contribution in [0.5, 0.6) is 0 Å². The minimum absolute atomic E-state index is 0.134. The highest BCUT2D eigenvalue weighted by atomic mass is 15.1. The van der Waals surface area contributed by atoms with E-state index in [-0.39, 0.29) is 6.04 Å². The Hall–Kier alpha value is -1.02. The molecule has 0 radical (unpaired) electrons. The van der Waals surface area contributed by atoms with Crippen LogP contribution in [0.25, 0.3) is 0 Å². The molecule has 0 aliphatic carbocycles. The van der Waals surface area contributed by atoms with Crippen LogP contribution in [-0.4, -0.2) is 13.1 Å². The molecule has 1 aromatic carbocycles. The molecular formula is C16H26N2. The lowest BCUT2D eigenvalue weighted by atomic mass is 9.92. The second kappa shape index (κ2) is 6.24. The lowest BCUT2D eigenvalue weighted by Gasteiger charge is -2.33. The van der Waals surface area contributed by atoms with Crippen molar-refractivity contribution in [3.05, 3.63) is 29.8 Å². The fraction of sp³-hybridized carbons (Fsp3) is 0.625. The molecule has 0 saturated carbocycles. The second-order valence-electron chi connectivity index (χ2n) is 5.60. The molecule has 1 atom stereocenters. The molecule has 0 amide bonds. The van der Waals surface area contributed by atoms with Gasteiger partial charge in [0.05, 0.1) is 0 Å². The third kappa shape index (κ3) is 3.26. The Kier molecular flexibility index (Phi) is 4.65. The van der Waals surface area contributed by atoms with Gasteiger partial charge in [0.15, 0.2) is 0 Å². The predicted octanol–water partition coefficient (Wildman–Crippen LogP) is 3.72. The van der Waals surface area contributed by atoms with Crippen molar-refractivity contribution in [3.8, 4) is 0 Å². The van der Waals surface area contributed by atoms with Gasteiger partial charge in [-0.2, -0.15) is 0 Å². The molecule has 1 aromatic rings. The molecule has 0 bridgehead atoms. The number of hydrogen-bond acceptors (Lipinski definition) is 2. The number of piperidine rings is 1. The van der Waals surface area contributed by atoms with Crippen LogP contribution in [0.2, 0.25) is 0 Å². The molecule has 1 aliphatic rings. The highest BCUT2D eigenvalue weighted by Crippen LogP contribution is 2.26. The fourth-order valence-electron chi connectivity index (χ4n) is 2.88. The van der Waals surface area contributed by atoms with Crippen LogP contribution in [0.3, 0.4) is 0 Å². The zero-order chi connectivity index (χ0) is 13.0. The maximum absolute atomic E-state index is 5.88. The lowest BCUT2D eigenvalue weighted by molar-refractivity contribution is 0.378. The average Bonchev–Trinajstić information content (AvgIpc) is 2.40. The van der Waals surface area contributed by atoms with E-state index in [1.165, 1.54) is 50.0 Å². The highest BCUT2D eigenvalue weighted by molar-refractivity contribution is 5.48. The van der Waals surface area contributed by atoms with E-state index in [0.717, 1.165) is 5.92 Å². The van der Waals surface area contributed by atoms with Gasteiger partial charge in [-0.15, -0.1) is 0 Å². The zero-order valence-electron chi connectivity index (χ0n) is 11.7. The Morgan fingerprint density at radius 3 is 2.33 bits per heavy atom. The van der Waals surface area contributed by atoms with Crippen molar-refractivity contribution in [1.29, 1.82) is 0 Å². The minimum Gasteiger partial charge on any atom is -0.372 e. The Morgan fingerprint density at radius 1 is 1.22 bits per heavy atom. The first-order valence-electron chi connectivity index (χ1n) is 7.31. The number of benzene rings is 1. The maximum Gasteiger partial charge on any atom is 0.0366 e. The molecule has 1 aliphatic heterocycles. The topological polar surface area (TPSA) is 29.3 Å². The maximum atomic E-state index is 5.88. The first-order valence-corrected chi connectivity index (χ1v) is 7.31. The molecule has 2 N–H and O–H groups in total. The fourth-order valence-corrected chi connectivity index (χ4v) is 2.88. The van der Waals surface area contributed by atoms with Gasteiger partial charge in [-0.1, -0.05) is 31.9 Å². The van der Waals surface area contributed by atoms with Crippen LogP contribution in [-0.2, 0) is 0 Å². The van der Waals surface area contributed by atoms with Crippen molar-refractivity contribution in [2.75, 3.05) is 18.0 Å². The summed E-state index contributed by atoms with van der Waals surface area (Å²) < 4.78 is 0. The van der Waals surface area contributed by atoms with Gasteiger partial charge in [-0.3, -0.25) is 0 Å². The summed E-state index contributed by atoms with van der Waals surface area (Å²) in [6, 6.07) is 8.91. The number of nitrogens with zero attached hydrogens (tertiary/aromatic N) is 1. The monoisotopic (exact) mass is 246 g/mol. The smallest absolute Gasteiger partial charge is 0.0366 e. The van der Waals surface area contributed by atoms with Crippen LogP contribution < -0.4 is 10.6 Å². The van der Waals surface area contributed by atoms with E-state index in [1.807, 2.05) is 6.92 Å². The Morgan fingerprint density at radius 2 is 1.83 bits per heavy atom. The molecule has 1 saturated heterocycles. The molecule has 0 unspecified atom stereocenters. The molecule has 100 valence electrons. The second-order valence-corrected chi connectivity index (χ2v) is 5.60. The van der Waals surface area contributed by atoms with Crippen LogP contribution >= 0.6 is 0 Å². The number of hydrogen-bond donors (Lipinski definition) is 1. The van der Waals surface area contributed by atoms with Crippen LogP contribution in [0.15, 0.2) is 24.3 Å². The summed E-state index contributed by atoms with van der Waals surface area (Å²) in [5.41, 5.74) is 8.46. The molecule has 2 heteroatoms. The first-order chi connectivity index (χ1) is 8.70. The third-order valence-corrected chi connectivity index (χ3v) is 4.10. The summed E-state index contributed by atoms with van der Waals surface area (Å²) in [4.78, 5) is 2.51. The molecular weight excluding hydrogens is 220 g/mol.